The number of halogens is 1. The van der Waals surface area contributed by atoms with Crippen LogP contribution in [-0.4, -0.2) is 11.1 Å². The van der Waals surface area contributed by atoms with Crippen molar-refractivity contribution < 1.29 is 14.3 Å². The van der Waals surface area contributed by atoms with Gasteiger partial charge in [-0.3, -0.25) is 4.79 Å². The number of carboxylic acids is 1. The SMILES string of the molecule is O=C(O)C1CCc2oc(Br)cc2C1. The van der Waals surface area contributed by atoms with Crippen molar-refractivity contribution in [2.24, 2.45) is 5.92 Å². The van der Waals surface area contributed by atoms with Gasteiger partial charge in [0.2, 0.25) is 0 Å². The number of fused-ring (bicyclic) bond motifs is 1. The summed E-state index contributed by atoms with van der Waals surface area (Å²) in [5, 5.41) is 8.83. The lowest BCUT2D eigenvalue weighted by atomic mass is 9.88. The maximum absolute atomic E-state index is 10.7. The Hall–Kier alpha value is -0.770. The van der Waals surface area contributed by atoms with Crippen molar-refractivity contribution in [3.05, 3.63) is 22.1 Å². The lowest BCUT2D eigenvalue weighted by Gasteiger charge is -2.16. The van der Waals surface area contributed by atoms with Crippen molar-refractivity contribution in [1.82, 2.24) is 0 Å². The molecule has 0 radical (unpaired) electrons. The number of carbonyl (C=O) groups is 1. The van der Waals surface area contributed by atoms with Crippen LogP contribution in [0.15, 0.2) is 15.2 Å². The van der Waals surface area contributed by atoms with Gasteiger partial charge in [-0.15, -0.1) is 0 Å². The van der Waals surface area contributed by atoms with Crippen molar-refractivity contribution in [2.45, 2.75) is 19.3 Å². The number of hydrogen-bond acceptors (Lipinski definition) is 2. The molecule has 0 aromatic carbocycles. The molecule has 0 saturated carbocycles. The van der Waals surface area contributed by atoms with Crippen molar-refractivity contribution >= 4 is 21.9 Å². The van der Waals surface area contributed by atoms with E-state index in [0.29, 0.717) is 17.5 Å². The molecule has 1 aliphatic rings. The Kier molecular flexibility index (Phi) is 2.15. The van der Waals surface area contributed by atoms with E-state index in [4.69, 9.17) is 9.52 Å². The largest absolute Gasteiger partial charge is 0.481 e. The van der Waals surface area contributed by atoms with Crippen LogP contribution in [0.5, 0.6) is 0 Å². The smallest absolute Gasteiger partial charge is 0.306 e. The van der Waals surface area contributed by atoms with E-state index in [1.165, 1.54) is 0 Å². The fourth-order valence-electron chi connectivity index (χ4n) is 1.70. The molecule has 1 aromatic rings. The second-order valence-corrected chi connectivity index (χ2v) is 4.06. The first-order valence-electron chi connectivity index (χ1n) is 4.16. The first-order chi connectivity index (χ1) is 6.16. The van der Waals surface area contributed by atoms with E-state index in [0.717, 1.165) is 17.7 Å². The molecule has 1 N–H and O–H groups in total. The average molecular weight is 245 g/mol. The summed E-state index contributed by atoms with van der Waals surface area (Å²) in [4.78, 5) is 10.7. The molecule has 70 valence electrons. The molecule has 1 unspecified atom stereocenters. The molecule has 1 atom stereocenters. The van der Waals surface area contributed by atoms with Crippen LogP contribution >= 0.6 is 15.9 Å². The molecular formula is C9H9BrO3. The van der Waals surface area contributed by atoms with Gasteiger partial charge in [0.25, 0.3) is 0 Å². The van der Waals surface area contributed by atoms with Gasteiger partial charge in [0, 0.05) is 6.42 Å². The molecule has 0 bridgehead atoms. The van der Waals surface area contributed by atoms with E-state index in [-0.39, 0.29) is 5.92 Å². The molecule has 13 heavy (non-hydrogen) atoms. The quantitative estimate of drug-likeness (QED) is 0.825. The summed E-state index contributed by atoms with van der Waals surface area (Å²) >= 11 is 3.24. The Balaban J connectivity index is 2.24. The van der Waals surface area contributed by atoms with E-state index < -0.39 is 5.97 Å². The predicted molar refractivity (Wildman–Crippen MR) is 49.6 cm³/mol. The van der Waals surface area contributed by atoms with Crippen LogP contribution in [0.4, 0.5) is 0 Å². The van der Waals surface area contributed by atoms with Gasteiger partial charge in [-0.05, 0) is 40.4 Å². The maximum Gasteiger partial charge on any atom is 0.306 e. The van der Waals surface area contributed by atoms with E-state index >= 15 is 0 Å². The number of hydrogen-bond donors (Lipinski definition) is 1. The Morgan fingerprint density at radius 3 is 3.15 bits per heavy atom. The predicted octanol–water partition coefficient (Wildman–Crippen LogP) is 2.23. The average Bonchev–Trinajstić information content (AvgIpc) is 2.42. The lowest BCUT2D eigenvalue weighted by Crippen LogP contribution is -2.21. The molecule has 2 rings (SSSR count). The van der Waals surface area contributed by atoms with E-state index in [9.17, 15) is 4.79 Å². The molecule has 4 heteroatoms. The molecule has 1 heterocycles. The van der Waals surface area contributed by atoms with Gasteiger partial charge >= 0.3 is 5.97 Å². The summed E-state index contributed by atoms with van der Waals surface area (Å²) in [5.41, 5.74) is 1.03. The van der Waals surface area contributed by atoms with Gasteiger partial charge < -0.3 is 9.52 Å². The third-order valence-corrected chi connectivity index (χ3v) is 2.79. The Labute approximate surface area is 83.9 Å². The summed E-state index contributed by atoms with van der Waals surface area (Å²) in [6, 6.07) is 1.87. The van der Waals surface area contributed by atoms with Gasteiger partial charge in [0.1, 0.15) is 5.76 Å². The zero-order valence-corrected chi connectivity index (χ0v) is 8.50. The van der Waals surface area contributed by atoms with Crippen LogP contribution in [0.25, 0.3) is 0 Å². The highest BCUT2D eigenvalue weighted by Gasteiger charge is 2.26. The van der Waals surface area contributed by atoms with Crippen molar-refractivity contribution in [3.63, 3.8) is 0 Å². The van der Waals surface area contributed by atoms with Gasteiger partial charge in [-0.2, -0.15) is 0 Å². The number of aryl methyl sites for hydroxylation is 1. The van der Waals surface area contributed by atoms with Crippen LogP contribution in [0.3, 0.4) is 0 Å². The minimum absolute atomic E-state index is 0.239. The molecule has 0 amide bonds. The Morgan fingerprint density at radius 2 is 2.46 bits per heavy atom. The zero-order valence-electron chi connectivity index (χ0n) is 6.92. The zero-order chi connectivity index (χ0) is 9.42. The highest BCUT2D eigenvalue weighted by atomic mass is 79.9. The molecule has 1 aromatic heterocycles. The topological polar surface area (TPSA) is 50.4 Å². The normalized spacial score (nSPS) is 21.2. The highest BCUT2D eigenvalue weighted by molar-refractivity contribution is 9.10. The van der Waals surface area contributed by atoms with Crippen molar-refractivity contribution in [2.75, 3.05) is 0 Å². The van der Waals surface area contributed by atoms with Crippen LogP contribution in [0.1, 0.15) is 17.7 Å². The van der Waals surface area contributed by atoms with Gasteiger partial charge in [0.05, 0.1) is 5.92 Å². The Morgan fingerprint density at radius 1 is 1.69 bits per heavy atom. The third kappa shape index (κ3) is 1.63. The van der Waals surface area contributed by atoms with E-state index in [1.807, 2.05) is 6.07 Å². The molecule has 0 spiro atoms. The molecule has 0 saturated heterocycles. The lowest BCUT2D eigenvalue weighted by molar-refractivity contribution is -0.142. The molecule has 3 nitrogen and oxygen atoms in total. The van der Waals surface area contributed by atoms with Crippen molar-refractivity contribution in [1.29, 1.82) is 0 Å². The first-order valence-corrected chi connectivity index (χ1v) is 4.96. The number of rotatable bonds is 1. The number of aliphatic carboxylic acids is 1. The van der Waals surface area contributed by atoms with Gasteiger partial charge in [-0.25, -0.2) is 0 Å². The van der Waals surface area contributed by atoms with Crippen molar-refractivity contribution in [3.8, 4) is 0 Å². The first kappa shape index (κ1) is 8.81. The van der Waals surface area contributed by atoms with Gasteiger partial charge in [-0.1, -0.05) is 0 Å². The molecule has 0 fully saturated rings. The minimum Gasteiger partial charge on any atom is -0.481 e. The third-order valence-electron chi connectivity index (χ3n) is 2.40. The summed E-state index contributed by atoms with van der Waals surface area (Å²) in [6.07, 6.45) is 2.01. The maximum atomic E-state index is 10.7. The second-order valence-electron chi connectivity index (χ2n) is 3.28. The van der Waals surface area contributed by atoms with Crippen LogP contribution < -0.4 is 0 Å². The summed E-state index contributed by atoms with van der Waals surface area (Å²) in [6.45, 7) is 0. The van der Waals surface area contributed by atoms with Crippen LogP contribution in [0, 0.1) is 5.92 Å². The standard InChI is InChI=1S/C9H9BrO3/c10-8-4-6-3-5(9(11)12)1-2-7(6)13-8/h4-5H,1-3H2,(H,11,12). The number of carboxylic acid groups (broad SMARTS) is 1. The summed E-state index contributed by atoms with van der Waals surface area (Å²) < 4.78 is 6.06. The fraction of sp³-hybridized carbons (Fsp3) is 0.444. The minimum atomic E-state index is -0.706. The summed E-state index contributed by atoms with van der Waals surface area (Å²) in [7, 11) is 0. The number of furan rings is 1. The van der Waals surface area contributed by atoms with Crippen LogP contribution in [0.2, 0.25) is 0 Å². The molecular weight excluding hydrogens is 236 g/mol. The second kappa shape index (κ2) is 3.18. The molecule has 1 aliphatic carbocycles. The Bertz CT molecular complexity index is 343. The van der Waals surface area contributed by atoms with Crippen LogP contribution in [-0.2, 0) is 17.6 Å². The highest BCUT2D eigenvalue weighted by Crippen LogP contribution is 2.30. The van der Waals surface area contributed by atoms with E-state index in [1.54, 1.807) is 0 Å². The fourth-order valence-corrected chi connectivity index (χ4v) is 2.17. The van der Waals surface area contributed by atoms with Gasteiger partial charge in [0.15, 0.2) is 4.67 Å². The summed E-state index contributed by atoms with van der Waals surface area (Å²) in [5.74, 6) is -0.00986. The molecule has 0 aliphatic heterocycles. The monoisotopic (exact) mass is 244 g/mol. The van der Waals surface area contributed by atoms with E-state index in [2.05, 4.69) is 15.9 Å².